The summed E-state index contributed by atoms with van der Waals surface area (Å²) in [5, 5.41) is 0. The highest BCUT2D eigenvalue weighted by Crippen LogP contribution is 2.12. The number of hydrogen-bond donors (Lipinski definition) is 0. The van der Waals surface area contributed by atoms with Gasteiger partial charge in [0, 0.05) is 6.92 Å². The van der Waals surface area contributed by atoms with E-state index in [1.807, 2.05) is 39.0 Å². The van der Waals surface area contributed by atoms with Crippen molar-refractivity contribution in [2.24, 2.45) is 0 Å². The quantitative estimate of drug-likeness (QED) is 0.383. The summed E-state index contributed by atoms with van der Waals surface area (Å²) in [5.74, 6) is -0.242. The predicted octanol–water partition coefficient (Wildman–Crippen LogP) is 3.24. The highest BCUT2D eigenvalue weighted by Gasteiger charge is 2.15. The summed E-state index contributed by atoms with van der Waals surface area (Å²) in [5.41, 5.74) is -0.484. The van der Waals surface area contributed by atoms with Gasteiger partial charge in [-0.3, -0.25) is 4.79 Å². The van der Waals surface area contributed by atoms with Crippen LogP contribution in [0.3, 0.4) is 0 Å². The molecular weight excluding hydrogens is 176 g/mol. The molecule has 0 saturated carbocycles. The topological polar surface area (TPSA) is 26.3 Å². The lowest BCUT2D eigenvalue weighted by molar-refractivity contribution is -0.149. The molecule has 0 amide bonds. The number of carbonyl (C=O) groups excluding carboxylic acids is 1. The Bertz CT molecular complexity index is 224. The van der Waals surface area contributed by atoms with Gasteiger partial charge < -0.3 is 4.74 Å². The Hall–Kier alpha value is -1.05. The third-order valence-electron chi connectivity index (χ3n) is 1.66. The third kappa shape index (κ3) is 7.59. The summed E-state index contributed by atoms with van der Waals surface area (Å²) >= 11 is 0. The normalized spacial score (nSPS) is 12.6. The average Bonchev–Trinajstić information content (AvgIpc) is 2.01. The lowest BCUT2D eigenvalue weighted by Crippen LogP contribution is -2.23. The van der Waals surface area contributed by atoms with E-state index in [0.29, 0.717) is 0 Å². The second-order valence-electron chi connectivity index (χ2n) is 3.75. The zero-order valence-corrected chi connectivity index (χ0v) is 9.54. The van der Waals surface area contributed by atoms with Crippen molar-refractivity contribution in [2.75, 3.05) is 0 Å². The first-order chi connectivity index (χ1) is 6.48. The number of hydrogen-bond acceptors (Lipinski definition) is 2. The van der Waals surface area contributed by atoms with Crippen LogP contribution < -0.4 is 0 Å². The van der Waals surface area contributed by atoms with Crippen molar-refractivity contribution in [2.45, 2.75) is 46.1 Å². The fourth-order valence-corrected chi connectivity index (χ4v) is 1.13. The van der Waals surface area contributed by atoms with Crippen LogP contribution in [-0.4, -0.2) is 11.6 Å². The maximum absolute atomic E-state index is 10.7. The molecule has 0 N–H and O–H groups in total. The molecule has 2 nitrogen and oxygen atoms in total. The third-order valence-corrected chi connectivity index (χ3v) is 1.66. The standard InChI is InChI=1S/C12H20O2/c1-5-6-7-8-9-10-12(3,4)14-11(2)13/h5-6,9-10H,7-8H2,1-4H3. The SMILES string of the molecule is CC=CCCC=CC(C)(C)OC(C)=O. The molecule has 0 fully saturated rings. The molecule has 14 heavy (non-hydrogen) atoms. The monoisotopic (exact) mass is 196 g/mol. The van der Waals surface area contributed by atoms with Crippen molar-refractivity contribution in [3.63, 3.8) is 0 Å². The average molecular weight is 196 g/mol. The van der Waals surface area contributed by atoms with Crippen molar-refractivity contribution in [3.05, 3.63) is 24.3 Å². The minimum atomic E-state index is -0.484. The van der Waals surface area contributed by atoms with Crippen molar-refractivity contribution >= 4 is 5.97 Å². The molecule has 0 aromatic rings. The largest absolute Gasteiger partial charge is 0.456 e. The fourth-order valence-electron chi connectivity index (χ4n) is 1.13. The minimum absolute atomic E-state index is 0.242. The van der Waals surface area contributed by atoms with E-state index in [1.165, 1.54) is 6.92 Å². The molecule has 0 heterocycles. The Morgan fingerprint density at radius 3 is 2.36 bits per heavy atom. The molecule has 0 radical (unpaired) electrons. The molecule has 0 aliphatic heterocycles. The first kappa shape index (κ1) is 12.9. The van der Waals surface area contributed by atoms with Gasteiger partial charge in [0.1, 0.15) is 5.60 Å². The van der Waals surface area contributed by atoms with Gasteiger partial charge in [-0.2, -0.15) is 0 Å². The summed E-state index contributed by atoms with van der Waals surface area (Å²) in [4.78, 5) is 10.7. The van der Waals surface area contributed by atoms with Crippen molar-refractivity contribution in [3.8, 4) is 0 Å². The highest BCUT2D eigenvalue weighted by atomic mass is 16.6. The van der Waals surface area contributed by atoms with E-state index in [9.17, 15) is 4.79 Å². The lowest BCUT2D eigenvalue weighted by atomic mass is 10.1. The fraction of sp³-hybridized carbons (Fsp3) is 0.583. The van der Waals surface area contributed by atoms with Gasteiger partial charge in [0.2, 0.25) is 0 Å². The Kier molecular flexibility index (Phi) is 5.93. The van der Waals surface area contributed by atoms with E-state index in [4.69, 9.17) is 4.74 Å². The number of allylic oxidation sites excluding steroid dienone is 3. The summed E-state index contributed by atoms with van der Waals surface area (Å²) in [7, 11) is 0. The number of esters is 1. The molecule has 0 atom stereocenters. The van der Waals surface area contributed by atoms with Crippen LogP contribution in [0.4, 0.5) is 0 Å². The van der Waals surface area contributed by atoms with Crippen molar-refractivity contribution in [1.82, 2.24) is 0 Å². The zero-order valence-electron chi connectivity index (χ0n) is 9.54. The zero-order chi connectivity index (χ0) is 11.0. The van der Waals surface area contributed by atoms with E-state index in [0.717, 1.165) is 12.8 Å². The van der Waals surface area contributed by atoms with E-state index in [-0.39, 0.29) is 5.97 Å². The maximum Gasteiger partial charge on any atom is 0.303 e. The van der Waals surface area contributed by atoms with Crippen LogP contribution in [0.15, 0.2) is 24.3 Å². The molecule has 0 aromatic heterocycles. The molecular formula is C12H20O2. The smallest absolute Gasteiger partial charge is 0.303 e. The van der Waals surface area contributed by atoms with E-state index in [1.54, 1.807) is 0 Å². The lowest BCUT2D eigenvalue weighted by Gasteiger charge is -2.19. The maximum atomic E-state index is 10.7. The summed E-state index contributed by atoms with van der Waals surface area (Å²) in [6.07, 6.45) is 10.1. The number of ether oxygens (including phenoxy) is 1. The Morgan fingerprint density at radius 1 is 1.29 bits per heavy atom. The van der Waals surface area contributed by atoms with Crippen molar-refractivity contribution in [1.29, 1.82) is 0 Å². The van der Waals surface area contributed by atoms with Gasteiger partial charge in [-0.05, 0) is 39.7 Å². The van der Waals surface area contributed by atoms with E-state index < -0.39 is 5.60 Å². The minimum Gasteiger partial charge on any atom is -0.456 e. The molecule has 0 spiro atoms. The summed E-state index contributed by atoms with van der Waals surface area (Å²) in [6, 6.07) is 0. The summed E-state index contributed by atoms with van der Waals surface area (Å²) in [6.45, 7) is 7.18. The molecule has 80 valence electrons. The van der Waals surface area contributed by atoms with Gasteiger partial charge >= 0.3 is 5.97 Å². The van der Waals surface area contributed by atoms with Crippen LogP contribution in [0, 0.1) is 0 Å². The van der Waals surface area contributed by atoms with Crippen LogP contribution >= 0.6 is 0 Å². The van der Waals surface area contributed by atoms with Crippen LogP contribution in [0.1, 0.15) is 40.5 Å². The van der Waals surface area contributed by atoms with Gasteiger partial charge in [-0.15, -0.1) is 0 Å². The van der Waals surface area contributed by atoms with Gasteiger partial charge in [0.15, 0.2) is 0 Å². The highest BCUT2D eigenvalue weighted by molar-refractivity contribution is 5.66. The molecule has 0 unspecified atom stereocenters. The van der Waals surface area contributed by atoms with Crippen LogP contribution in [0.25, 0.3) is 0 Å². The summed E-state index contributed by atoms with van der Waals surface area (Å²) < 4.78 is 5.10. The Balaban J connectivity index is 3.88. The number of carbonyl (C=O) groups is 1. The van der Waals surface area contributed by atoms with E-state index >= 15 is 0 Å². The molecule has 0 bridgehead atoms. The Morgan fingerprint density at radius 2 is 1.86 bits per heavy atom. The van der Waals surface area contributed by atoms with Gasteiger partial charge in [0.05, 0.1) is 0 Å². The van der Waals surface area contributed by atoms with Crippen LogP contribution in [-0.2, 0) is 9.53 Å². The van der Waals surface area contributed by atoms with Crippen LogP contribution in [0.2, 0.25) is 0 Å². The number of rotatable bonds is 5. The van der Waals surface area contributed by atoms with Gasteiger partial charge in [0.25, 0.3) is 0 Å². The van der Waals surface area contributed by atoms with Crippen LogP contribution in [0.5, 0.6) is 0 Å². The van der Waals surface area contributed by atoms with Gasteiger partial charge in [-0.1, -0.05) is 18.2 Å². The van der Waals surface area contributed by atoms with E-state index in [2.05, 4.69) is 6.08 Å². The molecule has 0 aromatic carbocycles. The molecule has 0 aliphatic rings. The first-order valence-electron chi connectivity index (χ1n) is 4.96. The second kappa shape index (κ2) is 6.41. The number of unbranched alkanes of at least 4 members (excludes halogenated alkanes) is 1. The predicted molar refractivity (Wildman–Crippen MR) is 59.0 cm³/mol. The molecule has 0 rings (SSSR count). The molecule has 0 saturated heterocycles. The van der Waals surface area contributed by atoms with Crippen molar-refractivity contribution < 1.29 is 9.53 Å². The second-order valence-corrected chi connectivity index (χ2v) is 3.75. The molecule has 0 aliphatic carbocycles. The van der Waals surface area contributed by atoms with Gasteiger partial charge in [-0.25, -0.2) is 0 Å². The molecule has 2 heteroatoms. The first-order valence-corrected chi connectivity index (χ1v) is 4.96. The Labute approximate surface area is 86.6 Å².